The summed E-state index contributed by atoms with van der Waals surface area (Å²) in [5.74, 6) is -0.131. The van der Waals surface area contributed by atoms with E-state index in [4.69, 9.17) is 11.6 Å². The number of thiophene rings is 1. The highest BCUT2D eigenvalue weighted by Crippen LogP contribution is 2.26. The van der Waals surface area contributed by atoms with E-state index >= 15 is 0 Å². The summed E-state index contributed by atoms with van der Waals surface area (Å²) in [6.07, 6.45) is 1.53. The predicted molar refractivity (Wildman–Crippen MR) is 78.9 cm³/mol. The quantitative estimate of drug-likeness (QED) is 0.877. The van der Waals surface area contributed by atoms with Crippen molar-refractivity contribution in [2.24, 2.45) is 0 Å². The molecule has 3 nitrogen and oxygen atoms in total. The molecule has 5 heteroatoms. The molecule has 0 bridgehead atoms. The Morgan fingerprint density at radius 3 is 2.89 bits per heavy atom. The first-order valence-corrected chi connectivity index (χ1v) is 7.18. The zero-order valence-electron chi connectivity index (χ0n) is 10.8. The Labute approximate surface area is 121 Å². The van der Waals surface area contributed by atoms with Crippen LogP contribution in [0.15, 0.2) is 35.8 Å². The van der Waals surface area contributed by atoms with Crippen molar-refractivity contribution in [3.63, 3.8) is 0 Å². The molecular weight excluding hydrogens is 280 g/mol. The number of rotatable bonds is 4. The number of amides is 1. The highest BCUT2D eigenvalue weighted by Gasteiger charge is 2.22. The second kappa shape index (κ2) is 5.72. The van der Waals surface area contributed by atoms with E-state index in [2.05, 4.69) is 30.2 Å². The van der Waals surface area contributed by atoms with Gasteiger partial charge in [-0.2, -0.15) is 0 Å². The summed E-state index contributed by atoms with van der Waals surface area (Å²) in [5, 5.41) is 5.30. The highest BCUT2D eigenvalue weighted by atomic mass is 35.5. The topological polar surface area (TPSA) is 42.0 Å². The third-order valence-corrected chi connectivity index (χ3v) is 4.31. The smallest absolute Gasteiger partial charge is 0.251 e. The van der Waals surface area contributed by atoms with Crippen molar-refractivity contribution in [3.05, 3.63) is 51.4 Å². The first-order chi connectivity index (χ1) is 8.99. The average Bonchev–Trinajstić information content (AvgIpc) is 2.90. The van der Waals surface area contributed by atoms with Gasteiger partial charge in [-0.05, 0) is 23.6 Å². The summed E-state index contributed by atoms with van der Waals surface area (Å²) in [6, 6.07) is 7.32. The van der Waals surface area contributed by atoms with Crippen LogP contribution in [-0.4, -0.2) is 17.4 Å². The summed E-state index contributed by atoms with van der Waals surface area (Å²) in [6.45, 7) is 4.80. The lowest BCUT2D eigenvalue weighted by atomic mass is 9.91. The standard InChI is InChI=1S/C14H15ClN2OS/c1-14(2,11-4-3-7-19-11)9-17-13(18)10-5-6-16-12(15)8-10/h3-8H,9H2,1-2H3,(H,17,18). The van der Waals surface area contributed by atoms with E-state index in [1.54, 1.807) is 23.5 Å². The monoisotopic (exact) mass is 294 g/mol. The number of nitrogens with zero attached hydrogens (tertiary/aromatic N) is 1. The maximum atomic E-state index is 12.0. The molecule has 2 heterocycles. The molecule has 0 atom stereocenters. The van der Waals surface area contributed by atoms with Gasteiger partial charge in [-0.15, -0.1) is 11.3 Å². The SMILES string of the molecule is CC(C)(CNC(=O)c1ccnc(Cl)c1)c1cccs1. The Hall–Kier alpha value is -1.39. The lowest BCUT2D eigenvalue weighted by Crippen LogP contribution is -2.36. The summed E-state index contributed by atoms with van der Waals surface area (Å²) >= 11 is 7.47. The van der Waals surface area contributed by atoms with Gasteiger partial charge >= 0.3 is 0 Å². The van der Waals surface area contributed by atoms with Crippen LogP contribution >= 0.6 is 22.9 Å². The van der Waals surface area contributed by atoms with Crippen molar-refractivity contribution < 1.29 is 4.79 Å². The van der Waals surface area contributed by atoms with Gasteiger partial charge in [-0.3, -0.25) is 4.79 Å². The normalized spacial score (nSPS) is 11.3. The fourth-order valence-electron chi connectivity index (χ4n) is 1.70. The van der Waals surface area contributed by atoms with Gasteiger partial charge in [0, 0.05) is 28.6 Å². The van der Waals surface area contributed by atoms with Gasteiger partial charge in [0.05, 0.1) is 0 Å². The van der Waals surface area contributed by atoms with Crippen LogP contribution in [0, 0.1) is 0 Å². The highest BCUT2D eigenvalue weighted by molar-refractivity contribution is 7.10. The number of halogens is 1. The molecule has 0 unspecified atom stereocenters. The van der Waals surface area contributed by atoms with Gasteiger partial charge in [-0.1, -0.05) is 31.5 Å². The summed E-state index contributed by atoms with van der Waals surface area (Å²) < 4.78 is 0. The van der Waals surface area contributed by atoms with Crippen molar-refractivity contribution in [1.82, 2.24) is 10.3 Å². The number of aromatic nitrogens is 1. The number of carbonyl (C=O) groups is 1. The molecule has 0 aliphatic heterocycles. The van der Waals surface area contributed by atoms with E-state index in [1.807, 2.05) is 11.4 Å². The number of hydrogen-bond donors (Lipinski definition) is 1. The van der Waals surface area contributed by atoms with Gasteiger partial charge in [0.1, 0.15) is 5.15 Å². The molecule has 0 aromatic carbocycles. The van der Waals surface area contributed by atoms with E-state index in [0.717, 1.165) is 0 Å². The van der Waals surface area contributed by atoms with Crippen molar-refractivity contribution in [2.75, 3.05) is 6.54 Å². The first kappa shape index (κ1) is 14.0. The molecule has 1 N–H and O–H groups in total. The lowest BCUT2D eigenvalue weighted by molar-refractivity contribution is 0.0946. The second-order valence-electron chi connectivity index (χ2n) is 4.91. The maximum Gasteiger partial charge on any atom is 0.251 e. The zero-order valence-corrected chi connectivity index (χ0v) is 12.4. The van der Waals surface area contributed by atoms with Gasteiger partial charge in [-0.25, -0.2) is 4.98 Å². The largest absolute Gasteiger partial charge is 0.351 e. The van der Waals surface area contributed by atoms with Gasteiger partial charge in [0.25, 0.3) is 5.91 Å². The molecular formula is C14H15ClN2OS. The molecule has 2 aromatic rings. The Kier molecular flexibility index (Phi) is 4.22. The van der Waals surface area contributed by atoms with E-state index < -0.39 is 0 Å². The van der Waals surface area contributed by atoms with Crippen LogP contribution in [-0.2, 0) is 5.41 Å². The minimum absolute atomic E-state index is 0.0827. The minimum atomic E-state index is -0.131. The van der Waals surface area contributed by atoms with Gasteiger partial charge < -0.3 is 5.32 Å². The summed E-state index contributed by atoms with van der Waals surface area (Å²) in [7, 11) is 0. The fourth-order valence-corrected chi connectivity index (χ4v) is 2.72. The molecule has 0 fully saturated rings. The fraction of sp³-hybridized carbons (Fsp3) is 0.286. The third kappa shape index (κ3) is 3.55. The molecule has 0 aliphatic rings. The number of carbonyl (C=O) groups excluding carboxylic acids is 1. The van der Waals surface area contributed by atoms with E-state index in [-0.39, 0.29) is 11.3 Å². The van der Waals surface area contributed by atoms with Gasteiger partial charge in [0.2, 0.25) is 0 Å². The summed E-state index contributed by atoms with van der Waals surface area (Å²) in [4.78, 5) is 17.1. The lowest BCUT2D eigenvalue weighted by Gasteiger charge is -2.23. The summed E-state index contributed by atoms with van der Waals surface area (Å²) in [5.41, 5.74) is 0.447. The van der Waals surface area contributed by atoms with Crippen molar-refractivity contribution in [1.29, 1.82) is 0 Å². The third-order valence-electron chi connectivity index (χ3n) is 2.87. The molecule has 1 amide bonds. The van der Waals surface area contributed by atoms with Crippen molar-refractivity contribution >= 4 is 28.8 Å². The molecule has 0 spiro atoms. The number of hydrogen-bond acceptors (Lipinski definition) is 3. The minimum Gasteiger partial charge on any atom is -0.351 e. The maximum absolute atomic E-state index is 12.0. The molecule has 0 saturated heterocycles. The van der Waals surface area contributed by atoms with Crippen molar-refractivity contribution in [3.8, 4) is 0 Å². The van der Waals surface area contributed by atoms with Crippen LogP contribution in [0.3, 0.4) is 0 Å². The van der Waals surface area contributed by atoms with E-state index in [1.165, 1.54) is 11.1 Å². The second-order valence-corrected chi connectivity index (χ2v) is 6.25. The zero-order chi connectivity index (χ0) is 13.9. The number of nitrogens with one attached hydrogen (secondary N) is 1. The van der Waals surface area contributed by atoms with Crippen LogP contribution in [0.4, 0.5) is 0 Å². The van der Waals surface area contributed by atoms with E-state index in [0.29, 0.717) is 17.3 Å². The predicted octanol–water partition coefficient (Wildman–Crippen LogP) is 3.50. The van der Waals surface area contributed by atoms with Crippen LogP contribution < -0.4 is 5.32 Å². The molecule has 0 saturated carbocycles. The van der Waals surface area contributed by atoms with Crippen LogP contribution in [0.5, 0.6) is 0 Å². The molecule has 2 rings (SSSR count). The Morgan fingerprint density at radius 2 is 2.26 bits per heavy atom. The Bertz CT molecular complexity index is 567. The molecule has 2 aromatic heterocycles. The van der Waals surface area contributed by atoms with Crippen LogP contribution in [0.2, 0.25) is 5.15 Å². The van der Waals surface area contributed by atoms with Crippen LogP contribution in [0.25, 0.3) is 0 Å². The molecule has 100 valence electrons. The Balaban J connectivity index is 2.01. The molecule has 19 heavy (non-hydrogen) atoms. The van der Waals surface area contributed by atoms with E-state index in [9.17, 15) is 4.79 Å². The van der Waals surface area contributed by atoms with Crippen LogP contribution in [0.1, 0.15) is 29.1 Å². The first-order valence-electron chi connectivity index (χ1n) is 5.93. The average molecular weight is 295 g/mol. The van der Waals surface area contributed by atoms with Gasteiger partial charge in [0.15, 0.2) is 0 Å². The van der Waals surface area contributed by atoms with Crippen molar-refractivity contribution in [2.45, 2.75) is 19.3 Å². The molecule has 0 radical (unpaired) electrons. The number of pyridine rings is 1. The Morgan fingerprint density at radius 1 is 1.47 bits per heavy atom. The molecule has 0 aliphatic carbocycles.